The van der Waals surface area contributed by atoms with Gasteiger partial charge in [-0.3, -0.25) is 0 Å². The Kier molecular flexibility index (Phi) is 13.7. The van der Waals surface area contributed by atoms with Crippen molar-refractivity contribution in [2.45, 2.75) is 0 Å². The van der Waals surface area contributed by atoms with E-state index in [1.54, 1.807) is 0 Å². The summed E-state index contributed by atoms with van der Waals surface area (Å²) in [6.45, 7) is 0. The van der Waals surface area contributed by atoms with Crippen LogP contribution in [0.5, 0.6) is 0 Å². The summed E-state index contributed by atoms with van der Waals surface area (Å²) in [5.74, 6) is 3.50. The Labute approximate surface area is 109 Å². The second-order valence-corrected chi connectivity index (χ2v) is 1.73. The zero-order valence-electron chi connectivity index (χ0n) is 6.79. The van der Waals surface area contributed by atoms with Crippen molar-refractivity contribution in [1.82, 2.24) is 0 Å². The number of hydrogen-bond acceptors (Lipinski definition) is 2. The molecule has 1 aromatic rings. The van der Waals surface area contributed by atoms with E-state index < -0.39 is 0 Å². The van der Waals surface area contributed by atoms with Gasteiger partial charge >= 0.3 is 51.4 Å². The van der Waals surface area contributed by atoms with Crippen LogP contribution in [0.1, 0.15) is 1.43 Å². The summed E-state index contributed by atoms with van der Waals surface area (Å²) in [5.41, 5.74) is 0. The van der Waals surface area contributed by atoms with E-state index in [-0.39, 0.29) is 52.8 Å². The molecule has 3 N–H and O–H groups in total. The first-order valence-electron chi connectivity index (χ1n) is 2.36. The van der Waals surface area contributed by atoms with E-state index in [1.807, 2.05) is 30.3 Å². The van der Waals surface area contributed by atoms with E-state index in [9.17, 15) is 0 Å². The van der Waals surface area contributed by atoms with Crippen LogP contribution >= 0.6 is 11.6 Å². The molecular weight excluding hydrogens is 177 g/mol. The first-order valence-corrected chi connectivity index (χ1v) is 2.74. The van der Waals surface area contributed by atoms with Crippen molar-refractivity contribution in [3.05, 3.63) is 35.4 Å². The van der Waals surface area contributed by atoms with E-state index in [0.29, 0.717) is 0 Å². The maximum absolute atomic E-state index is 6.50. The number of nitrogens with two attached hydrogens (primary N) is 1. The van der Waals surface area contributed by atoms with Crippen molar-refractivity contribution >= 4 is 11.6 Å². The quantitative estimate of drug-likeness (QED) is 0.394. The van der Waals surface area contributed by atoms with Crippen molar-refractivity contribution in [2.75, 3.05) is 0 Å². The Morgan fingerprint density at radius 2 is 1.60 bits per heavy atom. The summed E-state index contributed by atoms with van der Waals surface area (Å²) in [6.07, 6.45) is 0. The molecule has 1 rings (SSSR count). The Bertz CT molecular complexity index is 153. The van der Waals surface area contributed by atoms with Gasteiger partial charge in [0.15, 0.2) is 0 Å². The van der Waals surface area contributed by atoms with Gasteiger partial charge in [-0.25, -0.2) is 5.90 Å². The van der Waals surface area contributed by atoms with Gasteiger partial charge in [-0.05, 0) is 12.1 Å². The topological polar surface area (TPSA) is 46.2 Å². The maximum Gasteiger partial charge on any atom is 1.00 e. The molecule has 0 saturated heterocycles. The van der Waals surface area contributed by atoms with Gasteiger partial charge in [0, 0.05) is 5.02 Å². The molecule has 0 saturated carbocycles. The predicted molar refractivity (Wildman–Crippen MR) is 38.5 cm³/mol. The van der Waals surface area contributed by atoms with Crippen LogP contribution in [0.3, 0.4) is 0 Å². The summed E-state index contributed by atoms with van der Waals surface area (Å²) in [7, 11) is 0. The van der Waals surface area contributed by atoms with Crippen molar-refractivity contribution in [3.8, 4) is 0 Å². The fraction of sp³-hybridized carbons (Fsp3) is 0. The third-order valence-corrected chi connectivity index (χ3v) is 0.985. The Morgan fingerprint density at radius 1 is 1.20 bits per heavy atom. The van der Waals surface area contributed by atoms with Gasteiger partial charge < -0.3 is 6.63 Å². The molecule has 0 aliphatic rings. The van der Waals surface area contributed by atoms with Gasteiger partial charge in [-0.1, -0.05) is 29.8 Å². The normalized spacial score (nSPS) is 6.70. The summed E-state index contributed by atoms with van der Waals surface area (Å²) >= 11 is 5.54. The summed E-state index contributed by atoms with van der Waals surface area (Å²) in [5, 5.41) is 7.29. The standard InChI is InChI=1S/C6H5Cl.K.H3NO.H/c7-6-4-2-1-3-5-6;;1-2;/h1-5H;;2H,1H2;/q;+1;;-1. The minimum Gasteiger partial charge on any atom is -1.00 e. The molecule has 0 heterocycles. The van der Waals surface area contributed by atoms with Crippen LogP contribution in [0.4, 0.5) is 0 Å². The summed E-state index contributed by atoms with van der Waals surface area (Å²) in [6, 6.07) is 9.44. The SMILES string of the molecule is Clc1ccccc1.NO.[H-].[K+]. The monoisotopic (exact) mass is 185 g/mol. The number of benzene rings is 1. The Hall–Kier alpha value is 1.07. The number of rotatable bonds is 0. The van der Waals surface area contributed by atoms with Crippen molar-refractivity contribution in [3.63, 3.8) is 0 Å². The fourth-order valence-corrected chi connectivity index (χ4v) is 0.560. The second-order valence-electron chi connectivity index (χ2n) is 1.30. The molecule has 0 radical (unpaired) electrons. The number of halogens is 1. The average Bonchev–Trinajstić information content (AvgIpc) is 1.94. The molecule has 0 unspecified atom stereocenters. The van der Waals surface area contributed by atoms with Crippen molar-refractivity contribution in [1.29, 1.82) is 0 Å². The molecule has 0 aliphatic carbocycles. The number of hydrogen-bond donors (Lipinski definition) is 2. The average molecular weight is 186 g/mol. The molecule has 0 aliphatic heterocycles. The minimum atomic E-state index is 0. The molecule has 0 bridgehead atoms. The molecule has 10 heavy (non-hydrogen) atoms. The van der Waals surface area contributed by atoms with Gasteiger partial charge in [-0.15, -0.1) is 0 Å². The van der Waals surface area contributed by atoms with Gasteiger partial charge in [-0.2, -0.15) is 0 Å². The molecule has 2 nitrogen and oxygen atoms in total. The first-order chi connectivity index (χ1) is 4.39. The maximum atomic E-state index is 6.50. The molecule has 52 valence electrons. The van der Waals surface area contributed by atoms with Crippen LogP contribution in [0.25, 0.3) is 0 Å². The van der Waals surface area contributed by atoms with Crippen molar-refractivity contribution in [2.24, 2.45) is 5.90 Å². The van der Waals surface area contributed by atoms with Crippen LogP contribution in [-0.4, -0.2) is 5.21 Å². The molecule has 0 fully saturated rings. The molecule has 0 amide bonds. The molecule has 0 aromatic heterocycles. The van der Waals surface area contributed by atoms with E-state index >= 15 is 0 Å². The zero-order valence-corrected chi connectivity index (χ0v) is 9.67. The second kappa shape index (κ2) is 10.1. The molecule has 1 aromatic carbocycles. The first kappa shape index (κ1) is 13.6. The third kappa shape index (κ3) is 7.18. The van der Waals surface area contributed by atoms with E-state index in [2.05, 4.69) is 5.90 Å². The fourth-order valence-electron chi connectivity index (χ4n) is 0.415. The molecular formula is C6H9ClKNO. The Morgan fingerprint density at radius 3 is 1.80 bits per heavy atom. The molecule has 0 spiro atoms. The summed E-state index contributed by atoms with van der Waals surface area (Å²) in [4.78, 5) is 0. The van der Waals surface area contributed by atoms with Crippen LogP contribution in [0.15, 0.2) is 30.3 Å². The van der Waals surface area contributed by atoms with E-state index in [0.717, 1.165) is 5.02 Å². The van der Waals surface area contributed by atoms with Crippen LogP contribution in [0.2, 0.25) is 5.02 Å². The third-order valence-electron chi connectivity index (χ3n) is 0.733. The van der Waals surface area contributed by atoms with Gasteiger partial charge in [0.05, 0.1) is 0 Å². The largest absolute Gasteiger partial charge is 1.00 e. The zero-order chi connectivity index (χ0) is 7.11. The van der Waals surface area contributed by atoms with E-state index in [1.165, 1.54) is 0 Å². The van der Waals surface area contributed by atoms with Crippen LogP contribution in [0, 0.1) is 0 Å². The molecule has 4 heteroatoms. The van der Waals surface area contributed by atoms with Gasteiger partial charge in [0.1, 0.15) is 0 Å². The van der Waals surface area contributed by atoms with Gasteiger partial charge in [0.2, 0.25) is 0 Å². The predicted octanol–water partition coefficient (Wildman–Crippen LogP) is -1.21. The summed E-state index contributed by atoms with van der Waals surface area (Å²) < 4.78 is 0. The van der Waals surface area contributed by atoms with Crippen LogP contribution < -0.4 is 57.3 Å². The van der Waals surface area contributed by atoms with Gasteiger partial charge in [0.25, 0.3) is 0 Å². The smallest absolute Gasteiger partial charge is 1.00 e. The van der Waals surface area contributed by atoms with Crippen LogP contribution in [-0.2, 0) is 0 Å². The Balaban J connectivity index is -0.000000149. The van der Waals surface area contributed by atoms with E-state index in [4.69, 9.17) is 16.8 Å². The minimum absolute atomic E-state index is 0. The molecule has 0 atom stereocenters. The van der Waals surface area contributed by atoms with Crippen molar-refractivity contribution < 1.29 is 58.0 Å².